The topological polar surface area (TPSA) is 63.8 Å². The highest BCUT2D eigenvalue weighted by Gasteiger charge is 1.96. The summed E-state index contributed by atoms with van der Waals surface area (Å²) < 4.78 is 1.04. The van der Waals surface area contributed by atoms with Crippen LogP contribution < -0.4 is 11.1 Å². The Morgan fingerprint density at radius 3 is 2.33 bits per heavy atom. The number of nitrogens with zero attached hydrogens (tertiary/aromatic N) is 2. The Balaban J connectivity index is 2.15. The van der Waals surface area contributed by atoms with E-state index in [-0.39, 0.29) is 0 Å². The summed E-state index contributed by atoms with van der Waals surface area (Å²) in [6, 6.07) is 11.3. The van der Waals surface area contributed by atoms with Crippen molar-refractivity contribution in [1.29, 1.82) is 0 Å². The Hall–Kier alpha value is -1.62. The quantitative estimate of drug-likeness (QED) is 0.875. The monoisotopic (exact) mass is 264 g/mol. The molecule has 2 rings (SSSR count). The van der Waals surface area contributed by atoms with Gasteiger partial charge in [0.1, 0.15) is 5.82 Å². The van der Waals surface area contributed by atoms with E-state index in [1.807, 2.05) is 24.3 Å². The number of anilines is 3. The third kappa shape index (κ3) is 2.66. The number of aromatic nitrogens is 2. The normalized spacial score (nSPS) is 9.93. The summed E-state index contributed by atoms with van der Waals surface area (Å²) in [7, 11) is 0. The number of nitrogen functional groups attached to an aromatic ring is 1. The predicted octanol–water partition coefficient (Wildman–Crippen LogP) is 2.56. The lowest BCUT2D eigenvalue weighted by molar-refractivity contribution is 1.05. The minimum Gasteiger partial charge on any atom is -0.382 e. The van der Waals surface area contributed by atoms with Crippen molar-refractivity contribution < 1.29 is 0 Å². The lowest BCUT2D eigenvalue weighted by atomic mass is 10.3. The van der Waals surface area contributed by atoms with Crippen molar-refractivity contribution in [2.75, 3.05) is 11.1 Å². The predicted molar refractivity (Wildman–Crippen MR) is 63.9 cm³/mol. The maximum absolute atomic E-state index is 5.43. The number of benzene rings is 1. The van der Waals surface area contributed by atoms with Gasteiger partial charge in [-0.15, -0.1) is 10.2 Å². The SMILES string of the molecule is Nc1ccc(Nc2ccc(Br)cc2)nn1. The number of halogens is 1. The van der Waals surface area contributed by atoms with Crippen molar-refractivity contribution >= 4 is 33.3 Å². The van der Waals surface area contributed by atoms with E-state index < -0.39 is 0 Å². The molecule has 0 aliphatic rings. The average molecular weight is 265 g/mol. The van der Waals surface area contributed by atoms with Gasteiger partial charge in [0.25, 0.3) is 0 Å². The van der Waals surface area contributed by atoms with Gasteiger partial charge in [0.15, 0.2) is 5.82 Å². The summed E-state index contributed by atoms with van der Waals surface area (Å²) in [5, 5.41) is 10.8. The molecule has 0 atom stereocenters. The molecule has 1 heterocycles. The number of rotatable bonds is 2. The van der Waals surface area contributed by atoms with Gasteiger partial charge in [-0.1, -0.05) is 15.9 Å². The van der Waals surface area contributed by atoms with Crippen molar-refractivity contribution in [3.8, 4) is 0 Å². The molecule has 76 valence electrons. The zero-order valence-corrected chi connectivity index (χ0v) is 9.40. The van der Waals surface area contributed by atoms with Crippen LogP contribution in [0.3, 0.4) is 0 Å². The molecule has 4 nitrogen and oxygen atoms in total. The first-order chi connectivity index (χ1) is 7.24. The van der Waals surface area contributed by atoms with Gasteiger partial charge >= 0.3 is 0 Å². The molecule has 0 spiro atoms. The lowest BCUT2D eigenvalue weighted by Gasteiger charge is -2.04. The maximum atomic E-state index is 5.43. The smallest absolute Gasteiger partial charge is 0.153 e. The lowest BCUT2D eigenvalue weighted by Crippen LogP contribution is -1.97. The molecule has 5 heteroatoms. The van der Waals surface area contributed by atoms with Gasteiger partial charge in [-0.3, -0.25) is 0 Å². The van der Waals surface area contributed by atoms with E-state index in [0.29, 0.717) is 11.6 Å². The molecule has 0 radical (unpaired) electrons. The van der Waals surface area contributed by atoms with E-state index in [4.69, 9.17) is 5.73 Å². The highest BCUT2D eigenvalue weighted by atomic mass is 79.9. The summed E-state index contributed by atoms with van der Waals surface area (Å²) in [5.41, 5.74) is 6.39. The summed E-state index contributed by atoms with van der Waals surface area (Å²) in [5.74, 6) is 1.09. The highest BCUT2D eigenvalue weighted by Crippen LogP contribution is 2.17. The van der Waals surface area contributed by atoms with Crippen molar-refractivity contribution in [2.24, 2.45) is 0 Å². The largest absolute Gasteiger partial charge is 0.382 e. The van der Waals surface area contributed by atoms with Crippen LogP contribution in [0.2, 0.25) is 0 Å². The first kappa shape index (κ1) is 9.92. The number of nitrogens with two attached hydrogens (primary N) is 1. The molecular weight excluding hydrogens is 256 g/mol. The molecular formula is C10H9BrN4. The minimum atomic E-state index is 0.413. The third-order valence-corrected chi connectivity index (χ3v) is 2.33. The Labute approximate surface area is 95.7 Å². The van der Waals surface area contributed by atoms with Crippen LogP contribution in [-0.4, -0.2) is 10.2 Å². The molecule has 1 aromatic heterocycles. The van der Waals surface area contributed by atoms with Gasteiger partial charge < -0.3 is 11.1 Å². The molecule has 0 amide bonds. The van der Waals surface area contributed by atoms with Crippen molar-refractivity contribution in [3.63, 3.8) is 0 Å². The number of hydrogen-bond donors (Lipinski definition) is 2. The third-order valence-electron chi connectivity index (χ3n) is 1.80. The van der Waals surface area contributed by atoms with Crippen LogP contribution in [0, 0.1) is 0 Å². The molecule has 15 heavy (non-hydrogen) atoms. The Kier molecular flexibility index (Phi) is 2.82. The Morgan fingerprint density at radius 1 is 1.00 bits per heavy atom. The minimum absolute atomic E-state index is 0.413. The maximum Gasteiger partial charge on any atom is 0.153 e. The first-order valence-electron chi connectivity index (χ1n) is 4.36. The molecule has 0 aliphatic carbocycles. The van der Waals surface area contributed by atoms with Crippen molar-refractivity contribution in [3.05, 3.63) is 40.9 Å². The van der Waals surface area contributed by atoms with Crippen LogP contribution in [0.15, 0.2) is 40.9 Å². The molecule has 0 unspecified atom stereocenters. The molecule has 1 aromatic carbocycles. The summed E-state index contributed by atoms with van der Waals surface area (Å²) in [4.78, 5) is 0. The Bertz CT molecular complexity index is 394. The van der Waals surface area contributed by atoms with E-state index in [1.165, 1.54) is 0 Å². The van der Waals surface area contributed by atoms with Crippen molar-refractivity contribution in [1.82, 2.24) is 10.2 Å². The Morgan fingerprint density at radius 2 is 1.73 bits per heavy atom. The first-order valence-corrected chi connectivity index (χ1v) is 5.15. The highest BCUT2D eigenvalue weighted by molar-refractivity contribution is 9.10. The average Bonchev–Trinajstić information content (AvgIpc) is 2.25. The van der Waals surface area contributed by atoms with E-state index in [9.17, 15) is 0 Å². The number of nitrogens with one attached hydrogen (secondary N) is 1. The van der Waals surface area contributed by atoms with Crippen LogP contribution in [-0.2, 0) is 0 Å². The fourth-order valence-electron chi connectivity index (χ4n) is 1.09. The second kappa shape index (κ2) is 4.27. The van der Waals surface area contributed by atoms with Crippen LogP contribution in [0.25, 0.3) is 0 Å². The molecule has 2 aromatic rings. The molecule has 0 bridgehead atoms. The van der Waals surface area contributed by atoms with Crippen LogP contribution >= 0.6 is 15.9 Å². The standard InChI is InChI=1S/C10H9BrN4/c11-7-1-3-8(4-2-7)13-10-6-5-9(12)14-15-10/h1-6H,(H2,12,14)(H,13,15). The zero-order chi connectivity index (χ0) is 10.7. The van der Waals surface area contributed by atoms with Crippen molar-refractivity contribution in [2.45, 2.75) is 0 Å². The van der Waals surface area contributed by atoms with Gasteiger partial charge in [0, 0.05) is 10.2 Å². The second-order valence-electron chi connectivity index (χ2n) is 2.98. The fourth-order valence-corrected chi connectivity index (χ4v) is 1.35. The van der Waals surface area contributed by atoms with Gasteiger partial charge in [0.2, 0.25) is 0 Å². The van der Waals surface area contributed by atoms with E-state index >= 15 is 0 Å². The van der Waals surface area contributed by atoms with Crippen LogP contribution in [0.4, 0.5) is 17.3 Å². The summed E-state index contributed by atoms with van der Waals surface area (Å²) in [6.07, 6.45) is 0. The molecule has 3 N–H and O–H groups in total. The van der Waals surface area contributed by atoms with Crippen LogP contribution in [0.5, 0.6) is 0 Å². The summed E-state index contributed by atoms with van der Waals surface area (Å²) >= 11 is 3.37. The molecule has 0 fully saturated rings. The summed E-state index contributed by atoms with van der Waals surface area (Å²) in [6.45, 7) is 0. The van der Waals surface area contributed by atoms with Gasteiger partial charge in [-0.25, -0.2) is 0 Å². The van der Waals surface area contributed by atoms with Crippen LogP contribution in [0.1, 0.15) is 0 Å². The number of hydrogen-bond acceptors (Lipinski definition) is 4. The zero-order valence-electron chi connectivity index (χ0n) is 7.81. The fraction of sp³-hybridized carbons (Fsp3) is 0. The molecule has 0 aliphatic heterocycles. The van der Waals surface area contributed by atoms with Gasteiger partial charge in [-0.2, -0.15) is 0 Å². The van der Waals surface area contributed by atoms with Gasteiger partial charge in [-0.05, 0) is 36.4 Å². The van der Waals surface area contributed by atoms with E-state index in [0.717, 1.165) is 10.2 Å². The molecule has 0 saturated heterocycles. The van der Waals surface area contributed by atoms with E-state index in [2.05, 4.69) is 31.4 Å². The second-order valence-corrected chi connectivity index (χ2v) is 3.89. The molecule has 0 saturated carbocycles. The van der Waals surface area contributed by atoms with E-state index in [1.54, 1.807) is 12.1 Å². The van der Waals surface area contributed by atoms with Gasteiger partial charge in [0.05, 0.1) is 0 Å².